The monoisotopic (exact) mass is 330 g/mol. The fourth-order valence-corrected chi connectivity index (χ4v) is 2.48. The molecule has 118 valence electrons. The first kappa shape index (κ1) is 16.4. The average Bonchev–Trinajstić information content (AvgIpc) is 2.95. The standard InChI is InChI=1S/C14H13F3N2O2S/c15-14(16,17)11-8-22-13(19-11)7-18-12(21)6-10(20)9-4-2-1-3-5-9/h1-5,8,10,20H,6-7H2,(H,18,21). The number of alkyl halides is 3. The number of nitrogens with one attached hydrogen (secondary N) is 1. The third kappa shape index (κ3) is 4.54. The Bertz CT molecular complexity index is 629. The number of hydrogen-bond acceptors (Lipinski definition) is 4. The number of aliphatic hydroxyl groups is 1. The predicted octanol–water partition coefficient (Wildman–Crippen LogP) is 2.90. The van der Waals surface area contributed by atoms with Crippen molar-refractivity contribution in [2.24, 2.45) is 0 Å². The van der Waals surface area contributed by atoms with E-state index in [9.17, 15) is 23.1 Å². The Morgan fingerprint density at radius 3 is 2.59 bits per heavy atom. The SMILES string of the molecule is O=C(CC(O)c1ccccc1)NCc1nc(C(F)(F)F)cs1. The summed E-state index contributed by atoms with van der Waals surface area (Å²) in [6, 6.07) is 8.65. The molecule has 0 saturated carbocycles. The number of carbonyl (C=O) groups excluding carboxylic acids is 1. The van der Waals surface area contributed by atoms with E-state index < -0.39 is 23.9 Å². The molecule has 0 aliphatic heterocycles. The maximum atomic E-state index is 12.4. The minimum Gasteiger partial charge on any atom is -0.388 e. The van der Waals surface area contributed by atoms with E-state index in [0.717, 1.165) is 16.7 Å². The van der Waals surface area contributed by atoms with Crippen molar-refractivity contribution in [3.63, 3.8) is 0 Å². The van der Waals surface area contributed by atoms with Gasteiger partial charge in [0.15, 0.2) is 5.69 Å². The molecule has 0 radical (unpaired) electrons. The zero-order valence-corrected chi connectivity index (χ0v) is 12.1. The van der Waals surface area contributed by atoms with Crippen molar-refractivity contribution in [3.8, 4) is 0 Å². The van der Waals surface area contributed by atoms with Crippen LogP contribution in [0.4, 0.5) is 13.2 Å². The van der Waals surface area contributed by atoms with Gasteiger partial charge in [-0.2, -0.15) is 13.2 Å². The molecule has 1 amide bonds. The smallest absolute Gasteiger partial charge is 0.388 e. The first-order valence-corrected chi connectivity index (χ1v) is 7.25. The topological polar surface area (TPSA) is 62.2 Å². The van der Waals surface area contributed by atoms with Crippen molar-refractivity contribution in [2.45, 2.75) is 25.2 Å². The molecule has 2 rings (SSSR count). The number of rotatable bonds is 5. The second kappa shape index (κ2) is 6.89. The number of thiazole rings is 1. The Morgan fingerprint density at radius 2 is 2.00 bits per heavy atom. The van der Waals surface area contributed by atoms with Crippen LogP contribution in [-0.2, 0) is 17.5 Å². The summed E-state index contributed by atoms with van der Waals surface area (Å²) in [4.78, 5) is 15.1. The van der Waals surface area contributed by atoms with E-state index in [2.05, 4.69) is 10.3 Å². The van der Waals surface area contributed by atoms with Gasteiger partial charge in [0.05, 0.1) is 19.1 Å². The molecular formula is C14H13F3N2O2S. The molecule has 8 heteroatoms. The molecule has 0 bridgehead atoms. The zero-order valence-electron chi connectivity index (χ0n) is 11.3. The van der Waals surface area contributed by atoms with E-state index in [1.54, 1.807) is 30.3 Å². The van der Waals surface area contributed by atoms with Gasteiger partial charge in [0.1, 0.15) is 5.01 Å². The van der Waals surface area contributed by atoms with Crippen molar-refractivity contribution in [3.05, 3.63) is 52.0 Å². The lowest BCUT2D eigenvalue weighted by atomic mass is 10.1. The zero-order chi connectivity index (χ0) is 16.2. The van der Waals surface area contributed by atoms with Crippen LogP contribution in [0.25, 0.3) is 0 Å². The van der Waals surface area contributed by atoms with E-state index >= 15 is 0 Å². The molecule has 2 N–H and O–H groups in total. The minimum absolute atomic E-state index is 0.0961. The average molecular weight is 330 g/mol. The Balaban J connectivity index is 1.84. The van der Waals surface area contributed by atoms with Crippen LogP contribution in [0.5, 0.6) is 0 Å². The third-order valence-electron chi connectivity index (χ3n) is 2.84. The van der Waals surface area contributed by atoms with Crippen molar-refractivity contribution >= 4 is 17.2 Å². The number of nitrogens with zero attached hydrogens (tertiary/aromatic N) is 1. The molecule has 0 spiro atoms. The molecule has 0 aliphatic rings. The fraction of sp³-hybridized carbons (Fsp3) is 0.286. The number of hydrogen-bond donors (Lipinski definition) is 2. The molecule has 1 aromatic carbocycles. The summed E-state index contributed by atoms with van der Waals surface area (Å²) in [6.45, 7) is -0.0961. The van der Waals surface area contributed by atoms with Gasteiger partial charge in [-0.25, -0.2) is 4.98 Å². The molecule has 1 heterocycles. The van der Waals surface area contributed by atoms with Gasteiger partial charge in [-0.3, -0.25) is 4.79 Å². The molecular weight excluding hydrogens is 317 g/mol. The Hall–Kier alpha value is -1.93. The summed E-state index contributed by atoms with van der Waals surface area (Å²) in [5.74, 6) is -0.458. The quantitative estimate of drug-likeness (QED) is 0.886. The normalized spacial score (nSPS) is 12.9. The molecule has 4 nitrogen and oxygen atoms in total. The summed E-state index contributed by atoms with van der Waals surface area (Å²) >= 11 is 0.825. The summed E-state index contributed by atoms with van der Waals surface area (Å²) in [7, 11) is 0. The highest BCUT2D eigenvalue weighted by atomic mass is 32.1. The van der Waals surface area contributed by atoms with Crippen LogP contribution in [0.1, 0.15) is 28.8 Å². The highest BCUT2D eigenvalue weighted by Gasteiger charge is 2.33. The van der Waals surface area contributed by atoms with Gasteiger partial charge in [0, 0.05) is 5.38 Å². The molecule has 0 aliphatic carbocycles. The predicted molar refractivity (Wildman–Crippen MR) is 75.0 cm³/mol. The van der Waals surface area contributed by atoms with Crippen LogP contribution in [-0.4, -0.2) is 16.0 Å². The van der Waals surface area contributed by atoms with Gasteiger partial charge in [0.25, 0.3) is 0 Å². The van der Waals surface area contributed by atoms with Gasteiger partial charge in [0.2, 0.25) is 5.91 Å². The van der Waals surface area contributed by atoms with Gasteiger partial charge >= 0.3 is 6.18 Å². The number of carbonyl (C=O) groups is 1. The maximum Gasteiger partial charge on any atom is 0.434 e. The Labute approximate surface area is 128 Å². The van der Waals surface area contributed by atoms with Crippen LogP contribution in [0, 0.1) is 0 Å². The lowest BCUT2D eigenvalue weighted by molar-refractivity contribution is -0.140. The van der Waals surface area contributed by atoms with E-state index in [0.29, 0.717) is 5.56 Å². The molecule has 1 unspecified atom stereocenters. The largest absolute Gasteiger partial charge is 0.434 e. The summed E-state index contributed by atoms with van der Waals surface area (Å²) in [6.07, 6.45) is -5.60. The number of benzene rings is 1. The highest BCUT2D eigenvalue weighted by molar-refractivity contribution is 7.09. The number of halogens is 3. The third-order valence-corrected chi connectivity index (χ3v) is 3.69. The van der Waals surface area contributed by atoms with Crippen LogP contribution >= 0.6 is 11.3 Å². The van der Waals surface area contributed by atoms with Crippen LogP contribution < -0.4 is 5.32 Å². The van der Waals surface area contributed by atoms with Crippen molar-refractivity contribution < 1.29 is 23.1 Å². The lowest BCUT2D eigenvalue weighted by Crippen LogP contribution is -2.24. The van der Waals surface area contributed by atoms with Crippen molar-refractivity contribution in [1.29, 1.82) is 0 Å². The van der Waals surface area contributed by atoms with Crippen LogP contribution in [0.2, 0.25) is 0 Å². The van der Waals surface area contributed by atoms with Crippen molar-refractivity contribution in [1.82, 2.24) is 10.3 Å². The van der Waals surface area contributed by atoms with Crippen LogP contribution in [0.3, 0.4) is 0 Å². The lowest BCUT2D eigenvalue weighted by Gasteiger charge is -2.10. The molecule has 0 saturated heterocycles. The second-order valence-electron chi connectivity index (χ2n) is 4.53. The number of amides is 1. The second-order valence-corrected chi connectivity index (χ2v) is 5.47. The van der Waals surface area contributed by atoms with Gasteiger partial charge < -0.3 is 10.4 Å². The number of aromatic nitrogens is 1. The summed E-state index contributed by atoms with van der Waals surface area (Å²) in [5, 5.41) is 13.4. The van der Waals surface area contributed by atoms with E-state index in [1.807, 2.05) is 0 Å². The molecule has 1 atom stereocenters. The number of aliphatic hydroxyl groups excluding tert-OH is 1. The maximum absolute atomic E-state index is 12.4. The van der Waals surface area contributed by atoms with Gasteiger partial charge in [-0.15, -0.1) is 11.3 Å². The first-order valence-electron chi connectivity index (χ1n) is 6.37. The summed E-state index contributed by atoms with van der Waals surface area (Å²) < 4.78 is 37.2. The highest BCUT2D eigenvalue weighted by Crippen LogP contribution is 2.29. The fourth-order valence-electron chi connectivity index (χ4n) is 1.74. The molecule has 1 aromatic heterocycles. The molecule has 22 heavy (non-hydrogen) atoms. The van der Waals surface area contributed by atoms with E-state index in [-0.39, 0.29) is 18.0 Å². The van der Waals surface area contributed by atoms with Gasteiger partial charge in [-0.05, 0) is 5.56 Å². The summed E-state index contributed by atoms with van der Waals surface area (Å²) in [5.41, 5.74) is -0.364. The molecule has 0 fully saturated rings. The van der Waals surface area contributed by atoms with Crippen molar-refractivity contribution in [2.75, 3.05) is 0 Å². The minimum atomic E-state index is -4.48. The Morgan fingerprint density at radius 1 is 1.32 bits per heavy atom. The Kier molecular flexibility index (Phi) is 5.15. The van der Waals surface area contributed by atoms with Crippen LogP contribution in [0.15, 0.2) is 35.7 Å². The van der Waals surface area contributed by atoms with Gasteiger partial charge in [-0.1, -0.05) is 30.3 Å². The van der Waals surface area contributed by atoms with E-state index in [4.69, 9.17) is 0 Å². The molecule has 2 aromatic rings. The first-order chi connectivity index (χ1) is 10.4. The van der Waals surface area contributed by atoms with E-state index in [1.165, 1.54) is 0 Å².